The Morgan fingerprint density at radius 2 is 1.94 bits per heavy atom. The number of benzene rings is 1. The first-order valence-electron chi connectivity index (χ1n) is 5.65. The van der Waals surface area contributed by atoms with Crippen LogP contribution in [0, 0.1) is 12.7 Å². The summed E-state index contributed by atoms with van der Waals surface area (Å²) in [6.45, 7) is 3.76. The summed E-state index contributed by atoms with van der Waals surface area (Å²) in [6, 6.07) is 4.47. The SMILES string of the molecule is CCCC(O)C(O)Cc1ccc(F)cc1C. The fourth-order valence-electron chi connectivity index (χ4n) is 1.74. The molecular weight excluding hydrogens is 207 g/mol. The first-order chi connectivity index (χ1) is 7.54. The van der Waals surface area contributed by atoms with Crippen LogP contribution in [0.25, 0.3) is 0 Å². The highest BCUT2D eigenvalue weighted by atomic mass is 19.1. The van der Waals surface area contributed by atoms with Crippen molar-refractivity contribution in [3.05, 3.63) is 35.1 Å². The minimum Gasteiger partial charge on any atom is -0.390 e. The molecular formula is C13H19FO2. The molecule has 1 aromatic rings. The Kier molecular flexibility index (Phi) is 4.90. The molecule has 0 aliphatic carbocycles. The Morgan fingerprint density at radius 3 is 2.50 bits per heavy atom. The van der Waals surface area contributed by atoms with Gasteiger partial charge in [-0.3, -0.25) is 0 Å². The first kappa shape index (κ1) is 13.1. The average Bonchev–Trinajstić information content (AvgIpc) is 2.22. The smallest absolute Gasteiger partial charge is 0.123 e. The van der Waals surface area contributed by atoms with Crippen molar-refractivity contribution in [1.82, 2.24) is 0 Å². The maximum absolute atomic E-state index is 12.9. The van der Waals surface area contributed by atoms with E-state index in [9.17, 15) is 14.6 Å². The van der Waals surface area contributed by atoms with E-state index in [0.717, 1.165) is 17.5 Å². The van der Waals surface area contributed by atoms with Crippen molar-refractivity contribution in [2.45, 2.75) is 45.3 Å². The fourth-order valence-corrected chi connectivity index (χ4v) is 1.74. The second-order valence-corrected chi connectivity index (χ2v) is 4.20. The van der Waals surface area contributed by atoms with Crippen LogP contribution in [0.2, 0.25) is 0 Å². The lowest BCUT2D eigenvalue weighted by Crippen LogP contribution is -2.28. The minimum absolute atomic E-state index is 0.273. The third-order valence-corrected chi connectivity index (χ3v) is 2.76. The summed E-state index contributed by atoms with van der Waals surface area (Å²) in [6.07, 6.45) is 0.313. The molecule has 1 rings (SSSR count). The highest BCUT2D eigenvalue weighted by Crippen LogP contribution is 2.15. The number of aryl methyl sites for hydroxylation is 1. The molecule has 2 nitrogen and oxygen atoms in total. The highest BCUT2D eigenvalue weighted by molar-refractivity contribution is 5.27. The molecule has 2 N–H and O–H groups in total. The molecule has 2 unspecified atom stereocenters. The van der Waals surface area contributed by atoms with Gasteiger partial charge in [0, 0.05) is 6.42 Å². The van der Waals surface area contributed by atoms with E-state index in [1.807, 2.05) is 6.92 Å². The maximum Gasteiger partial charge on any atom is 0.123 e. The van der Waals surface area contributed by atoms with Crippen molar-refractivity contribution < 1.29 is 14.6 Å². The van der Waals surface area contributed by atoms with Crippen LogP contribution in [0.3, 0.4) is 0 Å². The van der Waals surface area contributed by atoms with Crippen molar-refractivity contribution in [3.63, 3.8) is 0 Å². The molecule has 0 aliphatic heterocycles. The molecule has 0 heterocycles. The Hall–Kier alpha value is -0.930. The van der Waals surface area contributed by atoms with Crippen LogP contribution >= 0.6 is 0 Å². The Balaban J connectivity index is 2.65. The van der Waals surface area contributed by atoms with E-state index >= 15 is 0 Å². The molecule has 0 bridgehead atoms. The normalized spacial score (nSPS) is 14.8. The zero-order valence-electron chi connectivity index (χ0n) is 9.78. The summed E-state index contributed by atoms with van der Waals surface area (Å²) in [5.41, 5.74) is 1.69. The molecule has 90 valence electrons. The molecule has 16 heavy (non-hydrogen) atoms. The second-order valence-electron chi connectivity index (χ2n) is 4.20. The zero-order chi connectivity index (χ0) is 12.1. The van der Waals surface area contributed by atoms with Gasteiger partial charge in [0.1, 0.15) is 5.82 Å². The largest absolute Gasteiger partial charge is 0.390 e. The zero-order valence-corrected chi connectivity index (χ0v) is 9.78. The average molecular weight is 226 g/mol. The molecule has 1 aromatic carbocycles. The Labute approximate surface area is 95.7 Å². The summed E-state index contributed by atoms with van der Waals surface area (Å²) < 4.78 is 12.9. The molecule has 3 heteroatoms. The molecule has 0 aromatic heterocycles. The lowest BCUT2D eigenvalue weighted by Gasteiger charge is -2.18. The van der Waals surface area contributed by atoms with Gasteiger partial charge in [-0.15, -0.1) is 0 Å². The van der Waals surface area contributed by atoms with E-state index in [1.165, 1.54) is 12.1 Å². The quantitative estimate of drug-likeness (QED) is 0.808. The van der Waals surface area contributed by atoms with Crippen LogP contribution < -0.4 is 0 Å². The predicted molar refractivity (Wildman–Crippen MR) is 61.8 cm³/mol. The van der Waals surface area contributed by atoms with E-state index in [4.69, 9.17) is 0 Å². The van der Waals surface area contributed by atoms with Crippen LogP contribution in [0.1, 0.15) is 30.9 Å². The van der Waals surface area contributed by atoms with E-state index in [2.05, 4.69) is 0 Å². The topological polar surface area (TPSA) is 40.5 Å². The van der Waals surface area contributed by atoms with Gasteiger partial charge in [0.05, 0.1) is 12.2 Å². The molecule has 0 radical (unpaired) electrons. The molecule has 0 saturated heterocycles. The minimum atomic E-state index is -0.774. The lowest BCUT2D eigenvalue weighted by molar-refractivity contribution is 0.0147. The van der Waals surface area contributed by atoms with Gasteiger partial charge in [0.25, 0.3) is 0 Å². The third-order valence-electron chi connectivity index (χ3n) is 2.76. The van der Waals surface area contributed by atoms with Gasteiger partial charge in [-0.1, -0.05) is 19.4 Å². The van der Waals surface area contributed by atoms with Crippen LogP contribution in [0.5, 0.6) is 0 Å². The third kappa shape index (κ3) is 3.58. The number of aliphatic hydroxyl groups excluding tert-OH is 2. The molecule has 0 aliphatic rings. The summed E-state index contributed by atoms with van der Waals surface area (Å²) in [4.78, 5) is 0. The van der Waals surface area contributed by atoms with Crippen LogP contribution in [-0.2, 0) is 6.42 Å². The van der Waals surface area contributed by atoms with Gasteiger partial charge in [0.15, 0.2) is 0 Å². The summed E-state index contributed by atoms with van der Waals surface area (Å²) in [5.74, 6) is -0.273. The predicted octanol–water partition coefficient (Wildman–Crippen LogP) is 2.20. The lowest BCUT2D eigenvalue weighted by atomic mass is 9.98. The van der Waals surface area contributed by atoms with Gasteiger partial charge in [0.2, 0.25) is 0 Å². The highest BCUT2D eigenvalue weighted by Gasteiger charge is 2.16. The van der Waals surface area contributed by atoms with Crippen molar-refractivity contribution in [3.8, 4) is 0 Å². The maximum atomic E-state index is 12.9. The van der Waals surface area contributed by atoms with E-state index in [0.29, 0.717) is 12.8 Å². The molecule has 0 amide bonds. The number of rotatable bonds is 5. The summed E-state index contributed by atoms with van der Waals surface area (Å²) >= 11 is 0. The van der Waals surface area contributed by atoms with E-state index in [1.54, 1.807) is 13.0 Å². The Morgan fingerprint density at radius 1 is 1.25 bits per heavy atom. The van der Waals surface area contributed by atoms with Gasteiger partial charge in [-0.2, -0.15) is 0 Å². The number of aliphatic hydroxyl groups is 2. The van der Waals surface area contributed by atoms with E-state index in [-0.39, 0.29) is 5.82 Å². The van der Waals surface area contributed by atoms with E-state index < -0.39 is 12.2 Å². The van der Waals surface area contributed by atoms with Gasteiger partial charge in [-0.25, -0.2) is 4.39 Å². The number of hydrogen-bond donors (Lipinski definition) is 2. The molecule has 0 spiro atoms. The number of halogens is 1. The monoisotopic (exact) mass is 226 g/mol. The van der Waals surface area contributed by atoms with Crippen molar-refractivity contribution in [2.75, 3.05) is 0 Å². The standard InChI is InChI=1S/C13H19FO2/c1-3-4-12(15)13(16)8-10-5-6-11(14)7-9(10)2/h5-7,12-13,15-16H,3-4,8H2,1-2H3. The molecule has 0 saturated carbocycles. The van der Waals surface area contributed by atoms with Crippen molar-refractivity contribution in [1.29, 1.82) is 0 Å². The van der Waals surface area contributed by atoms with Gasteiger partial charge in [-0.05, 0) is 36.6 Å². The van der Waals surface area contributed by atoms with Crippen LogP contribution in [0.15, 0.2) is 18.2 Å². The van der Waals surface area contributed by atoms with Crippen LogP contribution in [0.4, 0.5) is 4.39 Å². The molecule has 2 atom stereocenters. The van der Waals surface area contributed by atoms with Crippen molar-refractivity contribution >= 4 is 0 Å². The Bertz CT molecular complexity index is 339. The summed E-state index contributed by atoms with van der Waals surface area (Å²) in [5, 5.41) is 19.4. The number of hydrogen-bond acceptors (Lipinski definition) is 2. The summed E-state index contributed by atoms with van der Waals surface area (Å²) in [7, 11) is 0. The molecule has 0 fully saturated rings. The van der Waals surface area contributed by atoms with Gasteiger partial charge >= 0.3 is 0 Å². The van der Waals surface area contributed by atoms with Gasteiger partial charge < -0.3 is 10.2 Å². The van der Waals surface area contributed by atoms with Crippen molar-refractivity contribution in [2.24, 2.45) is 0 Å². The second kappa shape index (κ2) is 5.97. The fraction of sp³-hybridized carbons (Fsp3) is 0.538. The first-order valence-corrected chi connectivity index (χ1v) is 5.65. The van der Waals surface area contributed by atoms with Crippen LogP contribution in [-0.4, -0.2) is 22.4 Å².